The number of carbonyl (C=O) groups excluding carboxylic acids is 1. The fraction of sp³-hybridized carbons (Fsp3) is 0.0625. The Labute approximate surface area is 133 Å². The first-order valence-electron chi connectivity index (χ1n) is 6.02. The molecule has 0 unspecified atom stereocenters. The van der Waals surface area contributed by atoms with Gasteiger partial charge in [-0.1, -0.05) is 36.4 Å². The van der Waals surface area contributed by atoms with Crippen molar-refractivity contribution in [3.8, 4) is 0 Å². The van der Waals surface area contributed by atoms with E-state index in [1.54, 1.807) is 6.08 Å². The first-order valence-corrected chi connectivity index (χ1v) is 7.10. The second-order valence-corrected chi connectivity index (χ2v) is 5.46. The quantitative estimate of drug-likeness (QED) is 0.392. The number of rotatable bonds is 3. The van der Waals surface area contributed by atoms with E-state index in [-0.39, 0.29) is 5.56 Å². The molecule has 21 heavy (non-hydrogen) atoms. The highest BCUT2D eigenvalue weighted by Gasteiger charge is 2.30. The summed E-state index contributed by atoms with van der Waals surface area (Å²) in [4.78, 5) is 12.0. The van der Waals surface area contributed by atoms with Crippen molar-refractivity contribution in [2.24, 2.45) is 0 Å². The summed E-state index contributed by atoms with van der Waals surface area (Å²) in [5.41, 5.74) is 0.0430. The molecule has 0 amide bonds. The number of benzene rings is 2. The zero-order chi connectivity index (χ0) is 15.5. The smallest absolute Gasteiger partial charge is 0.289 e. The summed E-state index contributed by atoms with van der Waals surface area (Å²) in [5.74, 6) is -0.458. The zero-order valence-electron chi connectivity index (χ0n) is 10.7. The molecule has 0 bridgehead atoms. The summed E-state index contributed by atoms with van der Waals surface area (Å²) in [6.45, 7) is 0. The Kier molecular flexibility index (Phi) is 4.82. The second-order valence-electron chi connectivity index (χ2n) is 4.30. The highest BCUT2D eigenvalue weighted by molar-refractivity contribution is 14.1. The number of hydrogen-bond donors (Lipinski definition) is 0. The minimum Gasteiger partial charge on any atom is -0.289 e. The van der Waals surface area contributed by atoms with Crippen molar-refractivity contribution in [3.05, 3.63) is 74.9 Å². The van der Waals surface area contributed by atoms with E-state index in [1.807, 2.05) is 24.3 Å². The van der Waals surface area contributed by atoms with Crippen LogP contribution in [0.15, 0.2) is 54.6 Å². The van der Waals surface area contributed by atoms with Gasteiger partial charge >= 0.3 is 6.18 Å². The average Bonchev–Trinajstić information content (AvgIpc) is 2.45. The van der Waals surface area contributed by atoms with Crippen LogP contribution in [0.3, 0.4) is 0 Å². The predicted molar refractivity (Wildman–Crippen MR) is 84.0 cm³/mol. The van der Waals surface area contributed by atoms with Gasteiger partial charge < -0.3 is 0 Å². The van der Waals surface area contributed by atoms with Crippen LogP contribution in [-0.4, -0.2) is 5.78 Å². The van der Waals surface area contributed by atoms with E-state index in [4.69, 9.17) is 0 Å². The lowest BCUT2D eigenvalue weighted by Gasteiger charge is -2.07. The number of halogens is 4. The largest absolute Gasteiger partial charge is 0.416 e. The molecule has 2 aromatic rings. The van der Waals surface area contributed by atoms with E-state index in [0.717, 1.165) is 21.3 Å². The Balaban J connectivity index is 2.23. The van der Waals surface area contributed by atoms with Gasteiger partial charge in [0.25, 0.3) is 0 Å². The molecule has 1 nitrogen and oxygen atoms in total. The molecule has 0 spiro atoms. The molecule has 5 heteroatoms. The third-order valence-electron chi connectivity index (χ3n) is 2.79. The molecule has 0 fully saturated rings. The van der Waals surface area contributed by atoms with Crippen molar-refractivity contribution in [2.45, 2.75) is 6.18 Å². The predicted octanol–water partition coefficient (Wildman–Crippen LogP) is 5.21. The number of ketones is 1. The zero-order valence-corrected chi connectivity index (χ0v) is 12.9. The molecule has 0 saturated carbocycles. The van der Waals surface area contributed by atoms with Gasteiger partial charge in [0.05, 0.1) is 5.56 Å². The normalized spacial score (nSPS) is 11.8. The van der Waals surface area contributed by atoms with E-state index < -0.39 is 17.5 Å². The average molecular weight is 402 g/mol. The molecular formula is C16H10F3IO. The van der Waals surface area contributed by atoms with Crippen molar-refractivity contribution in [3.63, 3.8) is 0 Å². The fourth-order valence-corrected chi connectivity index (χ4v) is 2.29. The van der Waals surface area contributed by atoms with Crippen molar-refractivity contribution in [2.75, 3.05) is 0 Å². The Morgan fingerprint density at radius 1 is 1.05 bits per heavy atom. The van der Waals surface area contributed by atoms with Gasteiger partial charge in [-0.3, -0.25) is 4.79 Å². The van der Waals surface area contributed by atoms with Crippen LogP contribution in [0.5, 0.6) is 0 Å². The molecule has 0 aliphatic rings. The summed E-state index contributed by atoms with van der Waals surface area (Å²) >= 11 is 2.13. The van der Waals surface area contributed by atoms with Gasteiger partial charge in [0.1, 0.15) is 0 Å². The Morgan fingerprint density at radius 3 is 2.43 bits per heavy atom. The number of carbonyl (C=O) groups is 1. The van der Waals surface area contributed by atoms with Crippen LogP contribution >= 0.6 is 22.6 Å². The van der Waals surface area contributed by atoms with E-state index >= 15 is 0 Å². The van der Waals surface area contributed by atoms with Gasteiger partial charge in [-0.05, 0) is 52.4 Å². The van der Waals surface area contributed by atoms with Gasteiger partial charge in [0.2, 0.25) is 0 Å². The maximum Gasteiger partial charge on any atom is 0.416 e. The highest BCUT2D eigenvalue weighted by Crippen LogP contribution is 2.29. The second kappa shape index (κ2) is 6.43. The number of hydrogen-bond acceptors (Lipinski definition) is 1. The number of alkyl halides is 3. The molecule has 0 heterocycles. The summed E-state index contributed by atoms with van der Waals surface area (Å²) in [7, 11) is 0. The van der Waals surface area contributed by atoms with Crippen LogP contribution in [0.4, 0.5) is 13.2 Å². The molecule has 0 atom stereocenters. The monoisotopic (exact) mass is 402 g/mol. The first kappa shape index (κ1) is 15.8. The van der Waals surface area contributed by atoms with E-state index in [0.29, 0.717) is 0 Å². The molecular weight excluding hydrogens is 392 g/mol. The van der Waals surface area contributed by atoms with E-state index in [1.165, 1.54) is 18.2 Å². The van der Waals surface area contributed by atoms with Crippen LogP contribution in [-0.2, 0) is 6.18 Å². The lowest BCUT2D eigenvalue weighted by molar-refractivity contribution is -0.137. The molecule has 0 radical (unpaired) electrons. The van der Waals surface area contributed by atoms with Crippen LogP contribution < -0.4 is 0 Å². The van der Waals surface area contributed by atoms with Crippen molar-refractivity contribution >= 4 is 34.5 Å². The molecule has 0 N–H and O–H groups in total. The summed E-state index contributed by atoms with van der Waals surface area (Å²) in [5, 5.41) is 0. The van der Waals surface area contributed by atoms with Crippen molar-refractivity contribution in [1.82, 2.24) is 0 Å². The lowest BCUT2D eigenvalue weighted by atomic mass is 10.1. The summed E-state index contributed by atoms with van der Waals surface area (Å²) < 4.78 is 38.8. The molecule has 0 aliphatic heterocycles. The van der Waals surface area contributed by atoms with Crippen LogP contribution in [0.2, 0.25) is 0 Å². The van der Waals surface area contributed by atoms with Crippen LogP contribution in [0, 0.1) is 3.57 Å². The topological polar surface area (TPSA) is 17.1 Å². The minimum atomic E-state index is -4.45. The Bertz CT molecular complexity index is 690. The molecule has 108 valence electrons. The molecule has 2 aromatic carbocycles. The van der Waals surface area contributed by atoms with E-state index in [9.17, 15) is 18.0 Å². The Morgan fingerprint density at radius 2 is 1.76 bits per heavy atom. The molecule has 0 saturated heterocycles. The van der Waals surface area contributed by atoms with Gasteiger partial charge in [-0.2, -0.15) is 13.2 Å². The van der Waals surface area contributed by atoms with E-state index in [2.05, 4.69) is 22.6 Å². The summed E-state index contributed by atoms with van der Waals surface area (Å²) in [6, 6.07) is 11.8. The fourth-order valence-electron chi connectivity index (χ4n) is 1.72. The van der Waals surface area contributed by atoms with Gasteiger partial charge in [-0.15, -0.1) is 0 Å². The van der Waals surface area contributed by atoms with Gasteiger partial charge in [0, 0.05) is 9.13 Å². The summed E-state index contributed by atoms with van der Waals surface area (Å²) in [6.07, 6.45) is -1.56. The molecule has 0 aromatic heterocycles. The Hall–Kier alpha value is -1.63. The first-order chi connectivity index (χ1) is 9.88. The third kappa shape index (κ3) is 4.17. The van der Waals surface area contributed by atoms with Gasteiger partial charge in [-0.25, -0.2) is 0 Å². The van der Waals surface area contributed by atoms with Gasteiger partial charge in [0.15, 0.2) is 5.78 Å². The number of allylic oxidation sites excluding steroid dienone is 1. The highest BCUT2D eigenvalue weighted by atomic mass is 127. The lowest BCUT2D eigenvalue weighted by Crippen LogP contribution is -2.06. The standard InChI is InChI=1S/C16H10F3IO/c17-16(18,19)13-6-3-5-12(10-13)15(21)9-8-11-4-1-2-7-14(11)20/h1-10H. The molecule has 0 aliphatic carbocycles. The van der Waals surface area contributed by atoms with Crippen LogP contribution in [0.25, 0.3) is 6.08 Å². The maximum atomic E-state index is 12.6. The minimum absolute atomic E-state index is 0.0204. The van der Waals surface area contributed by atoms with Crippen molar-refractivity contribution in [1.29, 1.82) is 0 Å². The van der Waals surface area contributed by atoms with Crippen molar-refractivity contribution < 1.29 is 18.0 Å². The van der Waals surface area contributed by atoms with Crippen LogP contribution in [0.1, 0.15) is 21.5 Å². The third-order valence-corrected chi connectivity index (χ3v) is 3.78. The maximum absolute atomic E-state index is 12.6. The SMILES string of the molecule is O=C(C=Cc1ccccc1I)c1cccc(C(F)(F)F)c1. The molecule has 2 rings (SSSR count).